The maximum atomic E-state index is 13.7. The van der Waals surface area contributed by atoms with Crippen molar-refractivity contribution in [1.82, 2.24) is 10.2 Å². The van der Waals surface area contributed by atoms with Crippen LogP contribution in [0.25, 0.3) is 0 Å². The number of hydrogen-bond donors (Lipinski definition) is 1. The summed E-state index contributed by atoms with van der Waals surface area (Å²) in [7, 11) is -1.22. The van der Waals surface area contributed by atoms with E-state index < -0.39 is 34.3 Å². The van der Waals surface area contributed by atoms with Gasteiger partial charge in [0.2, 0.25) is 11.8 Å². The summed E-state index contributed by atoms with van der Waals surface area (Å²) >= 11 is 0. The van der Waals surface area contributed by atoms with Crippen LogP contribution in [0.15, 0.2) is 83.8 Å². The van der Waals surface area contributed by atoms with E-state index in [2.05, 4.69) is 5.32 Å². The number of para-hydroxylation sites is 1. The molecule has 0 aliphatic rings. The van der Waals surface area contributed by atoms with Crippen molar-refractivity contribution in [3.8, 4) is 5.75 Å². The van der Waals surface area contributed by atoms with Gasteiger partial charge in [-0.05, 0) is 60.5 Å². The van der Waals surface area contributed by atoms with Gasteiger partial charge in [0, 0.05) is 13.6 Å². The summed E-state index contributed by atoms with van der Waals surface area (Å²) in [5, 5.41) is 2.56. The van der Waals surface area contributed by atoms with E-state index in [9.17, 15) is 22.4 Å². The molecule has 0 radical (unpaired) electrons. The van der Waals surface area contributed by atoms with Crippen LogP contribution in [0.2, 0.25) is 0 Å². The average molecular weight is 528 g/mol. The Morgan fingerprint density at radius 2 is 1.59 bits per heavy atom. The first-order valence-corrected chi connectivity index (χ1v) is 13.1. The number of carbonyl (C=O) groups excluding carboxylic acids is 2. The Morgan fingerprint density at radius 3 is 2.14 bits per heavy atom. The Kier molecular flexibility index (Phi) is 9.24. The Morgan fingerprint density at radius 1 is 0.973 bits per heavy atom. The molecule has 3 aromatic rings. The number of methoxy groups -OCH3 is 1. The minimum Gasteiger partial charge on any atom is -0.497 e. The zero-order valence-corrected chi connectivity index (χ0v) is 21.7. The molecule has 3 rings (SSSR count). The second-order valence-electron chi connectivity index (χ2n) is 8.21. The third kappa shape index (κ3) is 6.65. The van der Waals surface area contributed by atoms with Crippen LogP contribution in [0.4, 0.5) is 10.1 Å². The van der Waals surface area contributed by atoms with Gasteiger partial charge in [0.1, 0.15) is 24.2 Å². The van der Waals surface area contributed by atoms with E-state index in [4.69, 9.17) is 4.74 Å². The first-order valence-electron chi connectivity index (χ1n) is 11.7. The van der Waals surface area contributed by atoms with Crippen LogP contribution in [0.5, 0.6) is 5.75 Å². The Balaban J connectivity index is 2.02. The first-order chi connectivity index (χ1) is 17.7. The van der Waals surface area contributed by atoms with Crippen LogP contribution in [0.1, 0.15) is 18.9 Å². The summed E-state index contributed by atoms with van der Waals surface area (Å²) < 4.78 is 47.0. The lowest BCUT2D eigenvalue weighted by atomic mass is 10.1. The number of rotatable bonds is 11. The molecule has 3 aromatic carbocycles. The zero-order chi connectivity index (χ0) is 27.0. The number of nitrogens with zero attached hydrogens (tertiary/aromatic N) is 2. The molecule has 0 unspecified atom stereocenters. The van der Waals surface area contributed by atoms with E-state index >= 15 is 0 Å². The van der Waals surface area contributed by atoms with Gasteiger partial charge in [-0.3, -0.25) is 13.9 Å². The highest BCUT2D eigenvalue weighted by atomic mass is 32.2. The van der Waals surface area contributed by atoms with Crippen molar-refractivity contribution >= 4 is 27.5 Å². The van der Waals surface area contributed by atoms with Crippen molar-refractivity contribution in [2.45, 2.75) is 30.8 Å². The minimum absolute atomic E-state index is 0.00372. The number of hydrogen-bond acceptors (Lipinski definition) is 5. The molecule has 0 bridgehead atoms. The number of halogens is 1. The summed E-state index contributed by atoms with van der Waals surface area (Å²) in [6.07, 6.45) is 0.295. The van der Waals surface area contributed by atoms with Crippen LogP contribution in [0, 0.1) is 5.82 Å². The Bertz CT molecular complexity index is 1300. The van der Waals surface area contributed by atoms with Gasteiger partial charge in [0.25, 0.3) is 10.0 Å². The number of benzene rings is 3. The maximum Gasteiger partial charge on any atom is 0.264 e. The molecule has 0 aliphatic carbocycles. The first kappa shape index (κ1) is 27.7. The molecule has 196 valence electrons. The smallest absolute Gasteiger partial charge is 0.264 e. The van der Waals surface area contributed by atoms with Crippen molar-refractivity contribution in [3.63, 3.8) is 0 Å². The van der Waals surface area contributed by atoms with E-state index in [1.165, 1.54) is 67.6 Å². The third-order valence-electron chi connectivity index (χ3n) is 5.87. The molecule has 1 N–H and O–H groups in total. The zero-order valence-electron chi connectivity index (χ0n) is 20.9. The van der Waals surface area contributed by atoms with Gasteiger partial charge < -0.3 is 15.0 Å². The van der Waals surface area contributed by atoms with Gasteiger partial charge in [0.05, 0.1) is 17.7 Å². The normalized spacial score (nSPS) is 11.9. The lowest BCUT2D eigenvalue weighted by Crippen LogP contribution is -2.51. The lowest BCUT2D eigenvalue weighted by Gasteiger charge is -2.33. The molecule has 0 fully saturated rings. The van der Waals surface area contributed by atoms with E-state index in [-0.39, 0.29) is 17.3 Å². The predicted molar refractivity (Wildman–Crippen MR) is 139 cm³/mol. The molecule has 0 saturated carbocycles. The number of sulfonamides is 1. The molecule has 8 nitrogen and oxygen atoms in total. The quantitative estimate of drug-likeness (QED) is 0.411. The number of ether oxygens (including phenoxy) is 1. The molecule has 0 spiro atoms. The van der Waals surface area contributed by atoms with Gasteiger partial charge in [0.15, 0.2) is 0 Å². The summed E-state index contributed by atoms with van der Waals surface area (Å²) in [5.74, 6) is -0.910. The summed E-state index contributed by atoms with van der Waals surface area (Å²) in [6, 6.07) is 18.9. The van der Waals surface area contributed by atoms with E-state index in [0.717, 1.165) is 4.31 Å². The van der Waals surface area contributed by atoms with Crippen LogP contribution < -0.4 is 14.4 Å². The van der Waals surface area contributed by atoms with E-state index in [1.54, 1.807) is 37.3 Å². The van der Waals surface area contributed by atoms with Crippen LogP contribution in [0.3, 0.4) is 0 Å². The molecular weight excluding hydrogens is 497 g/mol. The Hall–Kier alpha value is -3.92. The molecule has 0 heterocycles. The minimum atomic E-state index is -4.16. The number of amides is 2. The Labute approximate surface area is 216 Å². The molecule has 0 aromatic heterocycles. The van der Waals surface area contributed by atoms with Gasteiger partial charge in [-0.1, -0.05) is 37.3 Å². The van der Waals surface area contributed by atoms with E-state index in [1.807, 2.05) is 0 Å². The van der Waals surface area contributed by atoms with E-state index in [0.29, 0.717) is 23.4 Å². The maximum absolute atomic E-state index is 13.7. The van der Waals surface area contributed by atoms with Crippen molar-refractivity contribution in [2.75, 3.05) is 25.0 Å². The number of nitrogens with one attached hydrogen (secondary N) is 1. The molecule has 10 heteroatoms. The summed E-state index contributed by atoms with van der Waals surface area (Å²) in [4.78, 5) is 27.7. The lowest BCUT2D eigenvalue weighted by molar-refractivity contribution is -0.140. The highest BCUT2D eigenvalue weighted by molar-refractivity contribution is 7.92. The molecule has 1 atom stereocenters. The topological polar surface area (TPSA) is 96.0 Å². The fourth-order valence-electron chi connectivity index (χ4n) is 3.87. The van der Waals surface area contributed by atoms with Crippen LogP contribution in [-0.4, -0.2) is 51.9 Å². The summed E-state index contributed by atoms with van der Waals surface area (Å²) in [5.41, 5.74) is 0.891. The molecule has 0 aliphatic heterocycles. The molecule has 0 saturated heterocycles. The molecule has 2 amide bonds. The second-order valence-corrected chi connectivity index (χ2v) is 10.1. The van der Waals surface area contributed by atoms with Gasteiger partial charge in [-0.25, -0.2) is 12.8 Å². The standard InChI is InChI=1S/C27H30FN3O5S/c1-4-25(27(33)29-2)30(18-20-10-12-21(28)13-11-20)26(32)19-31(22-8-6-5-7-9-22)37(34,35)24-16-14-23(36-3)15-17-24/h5-17,25H,4,18-19H2,1-3H3,(H,29,33)/t25-/m1/s1. The van der Waals surface area contributed by atoms with Crippen molar-refractivity contribution in [2.24, 2.45) is 0 Å². The monoisotopic (exact) mass is 527 g/mol. The fourth-order valence-corrected chi connectivity index (χ4v) is 5.28. The molecule has 37 heavy (non-hydrogen) atoms. The van der Waals surface area contributed by atoms with Gasteiger partial charge >= 0.3 is 0 Å². The third-order valence-corrected chi connectivity index (χ3v) is 7.66. The van der Waals surface area contributed by atoms with Crippen LogP contribution in [-0.2, 0) is 26.2 Å². The average Bonchev–Trinajstić information content (AvgIpc) is 2.92. The van der Waals surface area contributed by atoms with Crippen molar-refractivity contribution in [1.29, 1.82) is 0 Å². The SMILES string of the molecule is CC[C@H](C(=O)NC)N(Cc1ccc(F)cc1)C(=O)CN(c1ccccc1)S(=O)(=O)c1ccc(OC)cc1. The van der Waals surface area contributed by atoms with Crippen molar-refractivity contribution < 1.29 is 27.1 Å². The number of carbonyl (C=O) groups is 2. The van der Waals surface area contributed by atoms with Gasteiger partial charge in [-0.2, -0.15) is 0 Å². The number of anilines is 1. The van der Waals surface area contributed by atoms with Crippen molar-refractivity contribution in [3.05, 3.63) is 90.2 Å². The predicted octanol–water partition coefficient (Wildman–Crippen LogP) is 3.58. The van der Waals surface area contributed by atoms with Gasteiger partial charge in [-0.15, -0.1) is 0 Å². The largest absolute Gasteiger partial charge is 0.497 e. The van der Waals surface area contributed by atoms with Crippen LogP contribution >= 0.6 is 0 Å². The molecular formula is C27H30FN3O5S. The summed E-state index contributed by atoms with van der Waals surface area (Å²) in [6.45, 7) is 1.21. The number of likely N-dealkylation sites (N-methyl/N-ethyl adjacent to an activating group) is 1. The fraction of sp³-hybridized carbons (Fsp3) is 0.259. The highest BCUT2D eigenvalue weighted by Gasteiger charge is 2.33. The highest BCUT2D eigenvalue weighted by Crippen LogP contribution is 2.26. The second kappa shape index (κ2) is 12.4.